The van der Waals surface area contributed by atoms with E-state index in [1.165, 1.54) is 77.0 Å². The van der Waals surface area contributed by atoms with Gasteiger partial charge in [0.1, 0.15) is 23.0 Å². The average molecular weight is 737 g/mol. The van der Waals surface area contributed by atoms with Gasteiger partial charge < -0.3 is 18.9 Å². The summed E-state index contributed by atoms with van der Waals surface area (Å²) in [7, 11) is 0. The fourth-order valence-electron chi connectivity index (χ4n) is 6.51. The third kappa shape index (κ3) is 13.0. The second-order valence-corrected chi connectivity index (χ2v) is 14.9. The zero-order valence-corrected chi connectivity index (χ0v) is 32.5. The first-order valence-electron chi connectivity index (χ1n) is 19.8. The molecule has 0 unspecified atom stereocenters. The van der Waals surface area contributed by atoms with Crippen molar-refractivity contribution in [3.8, 4) is 34.1 Å². The molecule has 0 amide bonds. The Morgan fingerprint density at radius 2 is 0.830 bits per heavy atom. The van der Waals surface area contributed by atoms with E-state index in [-0.39, 0.29) is 0 Å². The first-order valence-corrected chi connectivity index (χ1v) is 20.9. The molecule has 5 rings (SSSR count). The Morgan fingerprint density at radius 1 is 0.472 bits per heavy atom. The Morgan fingerprint density at radius 3 is 1.23 bits per heavy atom. The lowest BCUT2D eigenvalue weighted by Crippen LogP contribution is -2.09. The van der Waals surface area contributed by atoms with Gasteiger partial charge in [-0.3, -0.25) is 0 Å². The number of benzene rings is 4. The third-order valence-electron chi connectivity index (χ3n) is 9.59. The van der Waals surface area contributed by atoms with Gasteiger partial charge in [0, 0.05) is 11.5 Å². The third-order valence-corrected chi connectivity index (χ3v) is 10.6. The average Bonchev–Trinajstić information content (AvgIpc) is 3.36. The highest BCUT2D eigenvalue weighted by Crippen LogP contribution is 2.39. The van der Waals surface area contributed by atoms with Crippen LogP contribution in [-0.4, -0.2) is 25.2 Å². The Hall–Kier alpha value is -4.23. The summed E-state index contributed by atoms with van der Waals surface area (Å²) >= 11 is 1.77. The maximum Gasteiger partial charge on any atom is 0.343 e. The molecule has 7 heteroatoms. The largest absolute Gasteiger partial charge is 0.494 e. The van der Waals surface area contributed by atoms with E-state index in [9.17, 15) is 9.59 Å². The lowest BCUT2D eigenvalue weighted by atomic mass is 9.96. The Bertz CT molecular complexity index is 1590. The Balaban J connectivity index is 1.09. The smallest absolute Gasteiger partial charge is 0.343 e. The number of fused-ring (bicyclic) bond motifs is 3. The molecule has 0 saturated carbocycles. The summed E-state index contributed by atoms with van der Waals surface area (Å²) in [6.45, 7) is 5.84. The van der Waals surface area contributed by atoms with Crippen LogP contribution in [0, 0.1) is 0 Å². The molecule has 0 bridgehead atoms. The standard InChI is InChI=1S/C46H56O6S/c1-3-5-7-9-11-13-15-29-49-39-21-17-35(18-22-39)45(47)51-41-25-27-43-37(31-41)33-53-34-38-32-42(26-28-44(38)43)52-46(48)36-19-23-40(24-20-36)50-30-16-14-12-10-8-6-4-2/h17-28,31-32H,3-16,29-30,33-34H2,1-2H3. The van der Waals surface area contributed by atoms with Gasteiger partial charge in [-0.2, -0.15) is 11.8 Å². The van der Waals surface area contributed by atoms with E-state index in [0.29, 0.717) is 35.8 Å². The van der Waals surface area contributed by atoms with Gasteiger partial charge in [0.15, 0.2) is 0 Å². The van der Waals surface area contributed by atoms with Crippen LogP contribution in [0.15, 0.2) is 84.9 Å². The molecule has 4 aromatic carbocycles. The second-order valence-electron chi connectivity index (χ2n) is 13.9. The molecular weight excluding hydrogens is 681 g/mol. The van der Waals surface area contributed by atoms with Gasteiger partial charge in [0.2, 0.25) is 0 Å². The summed E-state index contributed by atoms with van der Waals surface area (Å²) in [5.41, 5.74) is 5.30. The van der Waals surface area contributed by atoms with E-state index >= 15 is 0 Å². The molecule has 0 fully saturated rings. The number of carbonyl (C=O) groups excluding carboxylic acids is 2. The minimum Gasteiger partial charge on any atom is -0.494 e. The van der Waals surface area contributed by atoms with Crippen LogP contribution in [-0.2, 0) is 11.5 Å². The number of hydrogen-bond acceptors (Lipinski definition) is 7. The van der Waals surface area contributed by atoms with E-state index < -0.39 is 11.9 Å². The summed E-state index contributed by atoms with van der Waals surface area (Å²) in [5, 5.41) is 0. The van der Waals surface area contributed by atoms with Crippen LogP contribution in [0.2, 0.25) is 0 Å². The number of carbonyl (C=O) groups is 2. The Labute approximate surface area is 321 Å². The molecule has 0 N–H and O–H groups in total. The lowest BCUT2D eigenvalue weighted by Gasteiger charge is -2.13. The number of unbranched alkanes of at least 4 members (excludes halogenated alkanes) is 12. The van der Waals surface area contributed by atoms with Gasteiger partial charge in [-0.1, -0.05) is 103 Å². The van der Waals surface area contributed by atoms with E-state index in [1.54, 1.807) is 36.0 Å². The van der Waals surface area contributed by atoms with Crippen molar-refractivity contribution in [2.45, 2.75) is 115 Å². The molecule has 1 aliphatic heterocycles. The number of esters is 2. The van der Waals surface area contributed by atoms with Crippen LogP contribution in [0.4, 0.5) is 0 Å². The van der Waals surface area contributed by atoms with Crippen LogP contribution in [0.1, 0.15) is 136 Å². The van der Waals surface area contributed by atoms with E-state index in [4.69, 9.17) is 18.9 Å². The maximum atomic E-state index is 13.0. The number of ether oxygens (including phenoxy) is 4. The zero-order chi connectivity index (χ0) is 37.1. The Kier molecular flexibility index (Phi) is 16.7. The van der Waals surface area contributed by atoms with Gasteiger partial charge in [0.05, 0.1) is 24.3 Å². The SMILES string of the molecule is CCCCCCCCCOc1ccc(C(=O)Oc2ccc3c(c2)CSCc2cc(OC(=O)c4ccc(OCCCCCCCCC)cc4)ccc2-3)cc1. The van der Waals surface area contributed by atoms with Crippen molar-refractivity contribution in [1.29, 1.82) is 0 Å². The summed E-state index contributed by atoms with van der Waals surface area (Å²) in [5.74, 6) is 3.28. The van der Waals surface area contributed by atoms with Gasteiger partial charge in [-0.25, -0.2) is 9.59 Å². The van der Waals surface area contributed by atoms with E-state index in [0.717, 1.165) is 58.1 Å². The molecule has 282 valence electrons. The molecule has 1 aliphatic rings. The van der Waals surface area contributed by atoms with Crippen molar-refractivity contribution in [3.05, 3.63) is 107 Å². The van der Waals surface area contributed by atoms with Crippen LogP contribution in [0.3, 0.4) is 0 Å². The number of thioether (sulfide) groups is 1. The van der Waals surface area contributed by atoms with E-state index in [2.05, 4.69) is 13.8 Å². The highest BCUT2D eigenvalue weighted by molar-refractivity contribution is 7.97. The maximum absolute atomic E-state index is 13.0. The van der Waals surface area contributed by atoms with Gasteiger partial charge in [0.25, 0.3) is 0 Å². The number of hydrogen-bond donors (Lipinski definition) is 0. The first kappa shape index (κ1) is 40.0. The van der Waals surface area contributed by atoms with Gasteiger partial charge >= 0.3 is 11.9 Å². The fraction of sp³-hybridized carbons (Fsp3) is 0.435. The minimum absolute atomic E-state index is 0.401. The molecular formula is C46H56O6S. The first-order chi connectivity index (χ1) is 26.0. The van der Waals surface area contributed by atoms with Gasteiger partial charge in [-0.15, -0.1) is 0 Å². The summed E-state index contributed by atoms with van der Waals surface area (Å²) in [6, 6.07) is 25.9. The predicted molar refractivity (Wildman–Crippen MR) is 217 cm³/mol. The minimum atomic E-state index is -0.401. The summed E-state index contributed by atoms with van der Waals surface area (Å²) in [4.78, 5) is 26.0. The fourth-order valence-corrected chi connectivity index (χ4v) is 7.53. The van der Waals surface area contributed by atoms with Crippen molar-refractivity contribution in [2.75, 3.05) is 13.2 Å². The lowest BCUT2D eigenvalue weighted by molar-refractivity contribution is 0.0725. The van der Waals surface area contributed by atoms with Crippen LogP contribution < -0.4 is 18.9 Å². The highest BCUT2D eigenvalue weighted by Gasteiger charge is 2.19. The topological polar surface area (TPSA) is 71.1 Å². The quantitative estimate of drug-likeness (QED) is 0.0452. The monoisotopic (exact) mass is 736 g/mol. The molecule has 4 aromatic rings. The normalized spacial score (nSPS) is 12.0. The molecule has 0 radical (unpaired) electrons. The van der Waals surface area contributed by atoms with Crippen molar-refractivity contribution in [3.63, 3.8) is 0 Å². The van der Waals surface area contributed by atoms with Crippen LogP contribution in [0.25, 0.3) is 11.1 Å². The van der Waals surface area contributed by atoms with Crippen molar-refractivity contribution in [1.82, 2.24) is 0 Å². The molecule has 0 spiro atoms. The van der Waals surface area contributed by atoms with Crippen LogP contribution in [0.5, 0.6) is 23.0 Å². The molecule has 0 aliphatic carbocycles. The molecule has 1 heterocycles. The van der Waals surface area contributed by atoms with Crippen molar-refractivity contribution >= 4 is 23.7 Å². The molecule has 0 atom stereocenters. The van der Waals surface area contributed by atoms with Gasteiger partial charge in [-0.05, 0) is 108 Å². The molecule has 0 aromatic heterocycles. The van der Waals surface area contributed by atoms with E-state index in [1.807, 2.05) is 60.7 Å². The predicted octanol–water partition coefficient (Wildman–Crippen LogP) is 12.8. The number of rotatable bonds is 22. The summed E-state index contributed by atoms with van der Waals surface area (Å²) in [6.07, 6.45) is 17.4. The second kappa shape index (κ2) is 22.1. The zero-order valence-electron chi connectivity index (χ0n) is 31.7. The van der Waals surface area contributed by atoms with Crippen LogP contribution >= 0.6 is 11.8 Å². The molecule has 6 nitrogen and oxygen atoms in total. The van der Waals surface area contributed by atoms with Crippen molar-refractivity contribution in [2.24, 2.45) is 0 Å². The molecule has 0 saturated heterocycles. The highest BCUT2D eigenvalue weighted by atomic mass is 32.2. The summed E-state index contributed by atoms with van der Waals surface area (Å²) < 4.78 is 23.3. The molecule has 53 heavy (non-hydrogen) atoms. The van der Waals surface area contributed by atoms with Crippen molar-refractivity contribution < 1.29 is 28.5 Å².